The van der Waals surface area contributed by atoms with Gasteiger partial charge in [0.1, 0.15) is 18.2 Å². The van der Waals surface area contributed by atoms with Crippen molar-refractivity contribution in [3.63, 3.8) is 0 Å². The molecule has 0 bridgehead atoms. The topological polar surface area (TPSA) is 75.2 Å². The molecule has 0 saturated heterocycles. The van der Waals surface area contributed by atoms with Crippen LogP contribution in [0.1, 0.15) is 21.5 Å². The first kappa shape index (κ1) is 15.4. The highest BCUT2D eigenvalue weighted by Crippen LogP contribution is 2.23. The monoisotopic (exact) mass is 318 g/mol. The zero-order chi connectivity index (χ0) is 16.9. The second kappa shape index (κ2) is 6.71. The van der Waals surface area contributed by atoms with E-state index in [0.29, 0.717) is 17.9 Å². The Morgan fingerprint density at radius 3 is 2.42 bits per heavy atom. The van der Waals surface area contributed by atoms with Gasteiger partial charge in [-0.25, -0.2) is 4.79 Å². The van der Waals surface area contributed by atoms with E-state index in [1.54, 1.807) is 29.1 Å². The summed E-state index contributed by atoms with van der Waals surface area (Å²) in [6.45, 7) is 0.373. The van der Waals surface area contributed by atoms with Crippen molar-refractivity contribution in [3.8, 4) is 17.5 Å². The minimum atomic E-state index is -0.973. The van der Waals surface area contributed by atoms with Crippen molar-refractivity contribution in [2.75, 3.05) is 0 Å². The average molecular weight is 318 g/mol. The van der Waals surface area contributed by atoms with Crippen LogP contribution >= 0.6 is 0 Å². The van der Waals surface area contributed by atoms with Crippen molar-refractivity contribution in [1.29, 1.82) is 5.26 Å². The molecule has 0 aliphatic heterocycles. The number of rotatable bonds is 5. The Bertz CT molecular complexity index is 891. The number of nitriles is 1. The number of hydrogen-bond donors (Lipinski definition) is 1. The first-order valence-electron chi connectivity index (χ1n) is 7.30. The molecule has 0 aliphatic carbocycles. The Morgan fingerprint density at radius 2 is 1.79 bits per heavy atom. The van der Waals surface area contributed by atoms with Gasteiger partial charge in [0, 0.05) is 11.9 Å². The van der Waals surface area contributed by atoms with Gasteiger partial charge in [0.15, 0.2) is 5.75 Å². The largest absolute Gasteiger partial charge is 0.486 e. The smallest absolute Gasteiger partial charge is 0.335 e. The van der Waals surface area contributed by atoms with Gasteiger partial charge in [0.05, 0.1) is 11.8 Å². The summed E-state index contributed by atoms with van der Waals surface area (Å²) >= 11 is 0. The maximum Gasteiger partial charge on any atom is 0.335 e. The van der Waals surface area contributed by atoms with Crippen LogP contribution in [-0.4, -0.2) is 15.6 Å². The lowest BCUT2D eigenvalue weighted by Crippen LogP contribution is -1.97. The van der Waals surface area contributed by atoms with Crippen LogP contribution in [0.15, 0.2) is 67.0 Å². The number of carboxylic acids is 1. The maximum atomic E-state index is 10.9. The van der Waals surface area contributed by atoms with Gasteiger partial charge in [-0.2, -0.15) is 5.26 Å². The highest BCUT2D eigenvalue weighted by atomic mass is 16.5. The van der Waals surface area contributed by atoms with Crippen molar-refractivity contribution in [2.24, 2.45) is 0 Å². The van der Waals surface area contributed by atoms with Gasteiger partial charge in [-0.05, 0) is 29.8 Å². The zero-order valence-corrected chi connectivity index (χ0v) is 12.7. The van der Waals surface area contributed by atoms with Gasteiger partial charge < -0.3 is 14.4 Å². The van der Waals surface area contributed by atoms with Crippen LogP contribution in [0.3, 0.4) is 0 Å². The van der Waals surface area contributed by atoms with Crippen molar-refractivity contribution in [1.82, 2.24) is 4.57 Å². The summed E-state index contributed by atoms with van der Waals surface area (Å²) in [4.78, 5) is 10.9. The Hall–Kier alpha value is -3.52. The number of carboxylic acid groups (broad SMARTS) is 1. The van der Waals surface area contributed by atoms with Gasteiger partial charge in [-0.15, -0.1) is 0 Å². The van der Waals surface area contributed by atoms with E-state index in [4.69, 9.17) is 9.84 Å². The van der Waals surface area contributed by atoms with Gasteiger partial charge in [-0.3, -0.25) is 0 Å². The predicted octanol–water partition coefficient (Wildman–Crippen LogP) is 3.63. The third kappa shape index (κ3) is 3.28. The maximum absolute atomic E-state index is 10.9. The third-order valence-electron chi connectivity index (χ3n) is 3.56. The first-order valence-corrected chi connectivity index (χ1v) is 7.30. The summed E-state index contributed by atoms with van der Waals surface area (Å²) in [5.74, 6) is -0.484. The van der Waals surface area contributed by atoms with E-state index in [1.807, 2.05) is 30.3 Å². The van der Waals surface area contributed by atoms with Gasteiger partial charge in [-0.1, -0.05) is 30.3 Å². The molecule has 24 heavy (non-hydrogen) atoms. The van der Waals surface area contributed by atoms with Crippen LogP contribution in [0.2, 0.25) is 0 Å². The number of aromatic nitrogens is 1. The van der Waals surface area contributed by atoms with Crippen LogP contribution < -0.4 is 4.74 Å². The fourth-order valence-electron chi connectivity index (χ4n) is 2.30. The van der Waals surface area contributed by atoms with Gasteiger partial charge in [0.2, 0.25) is 0 Å². The number of benzene rings is 2. The number of carbonyl (C=O) groups is 1. The van der Waals surface area contributed by atoms with Gasteiger partial charge in [0.25, 0.3) is 0 Å². The standard InChI is InChI=1S/C19H14N2O3/c20-10-16-11-21(17-8-6-15(7-9-17)19(22)23)12-18(16)24-13-14-4-2-1-3-5-14/h1-9,11-12H,13H2,(H,22,23). The van der Waals surface area contributed by atoms with E-state index < -0.39 is 5.97 Å². The van der Waals surface area contributed by atoms with Crippen LogP contribution in [0, 0.1) is 11.3 Å². The summed E-state index contributed by atoms with van der Waals surface area (Å²) < 4.78 is 7.48. The number of hydrogen-bond acceptors (Lipinski definition) is 3. The molecule has 0 radical (unpaired) electrons. The lowest BCUT2D eigenvalue weighted by atomic mass is 10.2. The molecule has 2 aromatic carbocycles. The van der Waals surface area contributed by atoms with E-state index in [1.165, 1.54) is 12.1 Å². The minimum Gasteiger partial charge on any atom is -0.486 e. The molecule has 1 heterocycles. The first-order chi connectivity index (χ1) is 11.7. The molecule has 5 heteroatoms. The summed E-state index contributed by atoms with van der Waals surface area (Å²) in [6.07, 6.45) is 3.38. The fourth-order valence-corrected chi connectivity index (χ4v) is 2.30. The van der Waals surface area contributed by atoms with Crippen LogP contribution in [0.25, 0.3) is 5.69 Å². The van der Waals surface area contributed by atoms with E-state index >= 15 is 0 Å². The summed E-state index contributed by atoms with van der Waals surface area (Å²) in [6, 6.07) is 18.2. The Morgan fingerprint density at radius 1 is 1.08 bits per heavy atom. The Balaban J connectivity index is 1.82. The molecule has 0 atom stereocenters. The molecule has 0 fully saturated rings. The highest BCUT2D eigenvalue weighted by Gasteiger charge is 2.10. The second-order valence-electron chi connectivity index (χ2n) is 5.18. The van der Waals surface area contributed by atoms with Crippen molar-refractivity contribution in [2.45, 2.75) is 6.61 Å². The second-order valence-corrected chi connectivity index (χ2v) is 5.18. The number of ether oxygens (including phenoxy) is 1. The van der Waals surface area contributed by atoms with Crippen molar-refractivity contribution < 1.29 is 14.6 Å². The van der Waals surface area contributed by atoms with E-state index in [-0.39, 0.29) is 5.56 Å². The molecular formula is C19H14N2O3. The molecule has 1 aromatic heterocycles. The van der Waals surface area contributed by atoms with E-state index in [2.05, 4.69) is 6.07 Å². The molecule has 0 saturated carbocycles. The molecule has 118 valence electrons. The Kier molecular flexibility index (Phi) is 4.30. The normalized spacial score (nSPS) is 10.1. The van der Waals surface area contributed by atoms with Crippen LogP contribution in [-0.2, 0) is 6.61 Å². The molecular weight excluding hydrogens is 304 g/mol. The molecule has 0 unspecified atom stereocenters. The molecule has 3 rings (SSSR count). The number of nitrogens with zero attached hydrogens (tertiary/aromatic N) is 2. The predicted molar refractivity (Wildman–Crippen MR) is 88.2 cm³/mol. The van der Waals surface area contributed by atoms with Crippen molar-refractivity contribution >= 4 is 5.97 Å². The molecule has 0 aliphatic rings. The molecule has 3 aromatic rings. The van der Waals surface area contributed by atoms with E-state index in [9.17, 15) is 10.1 Å². The highest BCUT2D eigenvalue weighted by molar-refractivity contribution is 5.87. The fraction of sp³-hybridized carbons (Fsp3) is 0.0526. The van der Waals surface area contributed by atoms with Crippen LogP contribution in [0.4, 0.5) is 0 Å². The lowest BCUT2D eigenvalue weighted by molar-refractivity contribution is 0.0697. The summed E-state index contributed by atoms with van der Waals surface area (Å²) in [5, 5.41) is 18.2. The minimum absolute atomic E-state index is 0.215. The molecule has 5 nitrogen and oxygen atoms in total. The summed E-state index contributed by atoms with van der Waals surface area (Å²) in [5.41, 5.74) is 2.41. The SMILES string of the molecule is N#Cc1cn(-c2ccc(C(=O)O)cc2)cc1OCc1ccccc1. The summed E-state index contributed by atoms with van der Waals surface area (Å²) in [7, 11) is 0. The Labute approximate surface area is 139 Å². The quantitative estimate of drug-likeness (QED) is 0.779. The number of aromatic carboxylic acids is 1. The lowest BCUT2D eigenvalue weighted by Gasteiger charge is -2.05. The molecule has 0 amide bonds. The van der Waals surface area contributed by atoms with Crippen molar-refractivity contribution in [3.05, 3.63) is 83.7 Å². The van der Waals surface area contributed by atoms with Gasteiger partial charge >= 0.3 is 5.97 Å². The molecule has 1 N–H and O–H groups in total. The van der Waals surface area contributed by atoms with E-state index in [0.717, 1.165) is 11.3 Å². The average Bonchev–Trinajstić information content (AvgIpc) is 3.04. The zero-order valence-electron chi connectivity index (χ0n) is 12.7. The molecule has 0 spiro atoms. The third-order valence-corrected chi connectivity index (χ3v) is 3.56. The van der Waals surface area contributed by atoms with Crippen LogP contribution in [0.5, 0.6) is 5.75 Å².